The van der Waals surface area contributed by atoms with Crippen LogP contribution in [0, 0.1) is 11.3 Å². The second kappa shape index (κ2) is 6.13. The molecule has 6 heteroatoms. The van der Waals surface area contributed by atoms with E-state index in [1.165, 1.54) is 0 Å². The first-order valence-electron chi connectivity index (χ1n) is 7.74. The lowest BCUT2D eigenvalue weighted by molar-refractivity contribution is 0.0527. The molecule has 0 aliphatic carbocycles. The summed E-state index contributed by atoms with van der Waals surface area (Å²) in [5.41, 5.74) is 6.50. The summed E-state index contributed by atoms with van der Waals surface area (Å²) in [6, 6.07) is 0.142. The Morgan fingerprint density at radius 2 is 2.24 bits per heavy atom. The van der Waals surface area contributed by atoms with E-state index in [0.717, 1.165) is 19.4 Å². The molecule has 1 saturated heterocycles. The highest BCUT2D eigenvalue weighted by atomic mass is 16.2. The van der Waals surface area contributed by atoms with Gasteiger partial charge in [0.05, 0.1) is 6.20 Å². The molecule has 0 bridgehead atoms. The second-order valence-corrected chi connectivity index (χ2v) is 7.16. The Morgan fingerprint density at radius 3 is 2.86 bits per heavy atom. The lowest BCUT2D eigenvalue weighted by Gasteiger charge is -2.42. The van der Waals surface area contributed by atoms with Gasteiger partial charge in [0.15, 0.2) is 5.69 Å². The third kappa shape index (κ3) is 3.81. The smallest absolute Gasteiger partial charge is 0.276 e. The van der Waals surface area contributed by atoms with Crippen LogP contribution in [-0.4, -0.2) is 44.9 Å². The molecule has 1 fully saturated rings. The van der Waals surface area contributed by atoms with E-state index in [0.29, 0.717) is 24.7 Å². The molecule has 0 radical (unpaired) electrons. The average Bonchev–Trinajstić information content (AvgIpc) is 2.87. The zero-order chi connectivity index (χ0) is 15.6. The predicted molar refractivity (Wildman–Crippen MR) is 81.8 cm³/mol. The van der Waals surface area contributed by atoms with Crippen LogP contribution < -0.4 is 5.73 Å². The molecule has 1 aromatic heterocycles. The van der Waals surface area contributed by atoms with Gasteiger partial charge in [0, 0.05) is 25.7 Å². The number of piperidine rings is 1. The van der Waals surface area contributed by atoms with Crippen molar-refractivity contribution in [2.75, 3.05) is 13.1 Å². The van der Waals surface area contributed by atoms with Gasteiger partial charge in [-0.25, -0.2) is 0 Å². The van der Waals surface area contributed by atoms with E-state index in [1.54, 1.807) is 10.9 Å². The molecule has 2 heterocycles. The number of carbonyl (C=O) groups excluding carboxylic acids is 1. The van der Waals surface area contributed by atoms with Gasteiger partial charge < -0.3 is 10.6 Å². The molecule has 6 nitrogen and oxygen atoms in total. The van der Waals surface area contributed by atoms with Gasteiger partial charge in [0.1, 0.15) is 0 Å². The van der Waals surface area contributed by atoms with Gasteiger partial charge in [-0.05, 0) is 24.2 Å². The molecule has 1 unspecified atom stereocenters. The lowest BCUT2D eigenvalue weighted by atomic mass is 9.79. The predicted octanol–water partition coefficient (Wildman–Crippen LogP) is 1.52. The number of aromatic nitrogens is 3. The largest absolute Gasteiger partial charge is 0.337 e. The zero-order valence-electron chi connectivity index (χ0n) is 13.5. The van der Waals surface area contributed by atoms with Crippen LogP contribution >= 0.6 is 0 Å². The molecular formula is C15H27N5O. The lowest BCUT2D eigenvalue weighted by Crippen LogP contribution is -2.54. The topological polar surface area (TPSA) is 77.0 Å². The Kier molecular flexibility index (Phi) is 4.66. The summed E-state index contributed by atoms with van der Waals surface area (Å²) in [5, 5.41) is 8.08. The molecule has 0 aromatic carbocycles. The van der Waals surface area contributed by atoms with Crippen LogP contribution in [-0.2, 0) is 6.54 Å². The molecule has 2 rings (SSSR count). The van der Waals surface area contributed by atoms with Crippen molar-refractivity contribution in [2.45, 2.75) is 53.1 Å². The van der Waals surface area contributed by atoms with Crippen LogP contribution in [0.4, 0.5) is 0 Å². The van der Waals surface area contributed by atoms with Crippen LogP contribution in [0.1, 0.15) is 51.0 Å². The third-order valence-electron chi connectivity index (χ3n) is 4.29. The molecule has 2 N–H and O–H groups in total. The number of likely N-dealkylation sites (tertiary alicyclic amines) is 1. The Bertz CT molecular complexity index is 494. The first-order valence-corrected chi connectivity index (χ1v) is 7.74. The van der Waals surface area contributed by atoms with E-state index >= 15 is 0 Å². The van der Waals surface area contributed by atoms with Gasteiger partial charge in [0.25, 0.3) is 5.91 Å². The van der Waals surface area contributed by atoms with Crippen LogP contribution in [0.5, 0.6) is 0 Å². The van der Waals surface area contributed by atoms with Crippen molar-refractivity contribution in [2.24, 2.45) is 17.1 Å². The number of hydrogen-bond donors (Lipinski definition) is 1. The minimum Gasteiger partial charge on any atom is -0.337 e. The maximum absolute atomic E-state index is 12.5. The summed E-state index contributed by atoms with van der Waals surface area (Å²) >= 11 is 0. The number of aryl methyl sites for hydroxylation is 1. The quantitative estimate of drug-likeness (QED) is 0.913. The van der Waals surface area contributed by atoms with E-state index in [-0.39, 0.29) is 17.4 Å². The number of rotatable bonds is 4. The van der Waals surface area contributed by atoms with Gasteiger partial charge in [-0.1, -0.05) is 32.9 Å². The second-order valence-electron chi connectivity index (χ2n) is 7.16. The van der Waals surface area contributed by atoms with E-state index in [2.05, 4.69) is 38.0 Å². The fourth-order valence-electron chi connectivity index (χ4n) is 2.61. The van der Waals surface area contributed by atoms with Crippen molar-refractivity contribution in [3.63, 3.8) is 0 Å². The average molecular weight is 293 g/mol. The standard InChI is InChI=1S/C15H27N5O/c1-11(2)5-8-20-9-12(17-18-20)14(21)19-7-6-13(16)15(3,4)10-19/h9,11,13H,5-8,10,16H2,1-4H3. The Labute approximate surface area is 126 Å². The zero-order valence-corrected chi connectivity index (χ0v) is 13.5. The fraction of sp³-hybridized carbons (Fsp3) is 0.800. The van der Waals surface area contributed by atoms with Gasteiger partial charge in [-0.15, -0.1) is 5.10 Å². The summed E-state index contributed by atoms with van der Waals surface area (Å²) in [4.78, 5) is 14.4. The molecule has 1 aliphatic heterocycles. The Morgan fingerprint density at radius 1 is 1.52 bits per heavy atom. The molecule has 1 atom stereocenters. The maximum atomic E-state index is 12.5. The van der Waals surface area contributed by atoms with Gasteiger partial charge in [-0.2, -0.15) is 0 Å². The van der Waals surface area contributed by atoms with Crippen LogP contribution in [0.3, 0.4) is 0 Å². The summed E-state index contributed by atoms with van der Waals surface area (Å²) < 4.78 is 1.76. The fourth-order valence-corrected chi connectivity index (χ4v) is 2.61. The summed E-state index contributed by atoms with van der Waals surface area (Å²) in [6.45, 7) is 10.7. The molecule has 0 saturated carbocycles. The van der Waals surface area contributed by atoms with Crippen molar-refractivity contribution in [3.05, 3.63) is 11.9 Å². The molecule has 0 spiro atoms. The number of hydrogen-bond acceptors (Lipinski definition) is 4. The Balaban J connectivity index is 2.00. The van der Waals surface area contributed by atoms with Crippen LogP contribution in [0.15, 0.2) is 6.20 Å². The Hall–Kier alpha value is -1.43. The SMILES string of the molecule is CC(C)CCn1cc(C(=O)N2CCC(N)C(C)(C)C2)nn1. The molecular weight excluding hydrogens is 266 g/mol. The highest BCUT2D eigenvalue weighted by Gasteiger charge is 2.36. The number of amides is 1. The van der Waals surface area contributed by atoms with Crippen LogP contribution in [0.25, 0.3) is 0 Å². The molecule has 1 aliphatic rings. The van der Waals surface area contributed by atoms with E-state index in [4.69, 9.17) is 5.73 Å². The molecule has 1 amide bonds. The van der Waals surface area contributed by atoms with Crippen molar-refractivity contribution < 1.29 is 4.79 Å². The molecule has 1 aromatic rings. The van der Waals surface area contributed by atoms with Crippen molar-refractivity contribution >= 4 is 5.91 Å². The highest BCUT2D eigenvalue weighted by molar-refractivity contribution is 5.92. The first kappa shape index (κ1) is 15.9. The van der Waals surface area contributed by atoms with Gasteiger partial charge >= 0.3 is 0 Å². The minimum atomic E-state index is -0.0540. The monoisotopic (exact) mass is 293 g/mol. The van der Waals surface area contributed by atoms with Crippen molar-refractivity contribution in [1.82, 2.24) is 19.9 Å². The van der Waals surface area contributed by atoms with E-state index < -0.39 is 0 Å². The number of nitrogens with two attached hydrogens (primary N) is 1. The minimum absolute atomic E-state index is 0.0363. The van der Waals surface area contributed by atoms with Crippen LogP contribution in [0.2, 0.25) is 0 Å². The van der Waals surface area contributed by atoms with Gasteiger partial charge in [0.2, 0.25) is 0 Å². The van der Waals surface area contributed by atoms with Gasteiger partial charge in [-0.3, -0.25) is 9.48 Å². The van der Waals surface area contributed by atoms with E-state index in [9.17, 15) is 4.79 Å². The highest BCUT2D eigenvalue weighted by Crippen LogP contribution is 2.28. The summed E-state index contributed by atoms with van der Waals surface area (Å²) in [6.07, 6.45) is 3.62. The summed E-state index contributed by atoms with van der Waals surface area (Å²) in [5.74, 6) is 0.573. The maximum Gasteiger partial charge on any atom is 0.276 e. The molecule has 21 heavy (non-hydrogen) atoms. The van der Waals surface area contributed by atoms with Crippen molar-refractivity contribution in [3.8, 4) is 0 Å². The molecule has 118 valence electrons. The number of nitrogens with zero attached hydrogens (tertiary/aromatic N) is 4. The summed E-state index contributed by atoms with van der Waals surface area (Å²) in [7, 11) is 0. The third-order valence-corrected chi connectivity index (χ3v) is 4.29. The van der Waals surface area contributed by atoms with E-state index in [1.807, 2.05) is 4.90 Å². The normalized spacial score (nSPS) is 21.8. The first-order chi connectivity index (χ1) is 9.79. The van der Waals surface area contributed by atoms with Crippen molar-refractivity contribution in [1.29, 1.82) is 0 Å². The number of carbonyl (C=O) groups is 1.